The molecule has 1 N–H and O–H groups in total. The second-order valence-electron chi connectivity index (χ2n) is 5.11. The normalized spacial score (nSPS) is 18.8. The fraction of sp³-hybridized carbons (Fsp3) is 0.467. The van der Waals surface area contributed by atoms with Gasteiger partial charge in [-0.2, -0.15) is 4.31 Å². The van der Waals surface area contributed by atoms with Crippen LogP contribution >= 0.6 is 0 Å². The van der Waals surface area contributed by atoms with Gasteiger partial charge < -0.3 is 14.8 Å². The Labute approximate surface area is 140 Å². The second kappa shape index (κ2) is 7.63. The molecule has 1 atom stereocenters. The van der Waals surface area contributed by atoms with Crippen molar-refractivity contribution in [2.75, 3.05) is 26.8 Å². The molecule has 1 aromatic rings. The highest BCUT2D eigenvalue weighted by Crippen LogP contribution is 2.23. The van der Waals surface area contributed by atoms with Gasteiger partial charge in [0.15, 0.2) is 0 Å². The molecule has 0 spiro atoms. The molecule has 1 saturated heterocycles. The Bertz CT molecular complexity index is 701. The molecule has 0 radical (unpaired) electrons. The zero-order valence-electron chi connectivity index (χ0n) is 13.5. The molecule has 2 rings (SSSR count). The number of nitrogens with zero attached hydrogens (tertiary/aromatic N) is 1. The molecule has 0 aromatic heterocycles. The van der Waals surface area contributed by atoms with Crippen molar-refractivity contribution < 1.29 is 27.5 Å². The SMILES string of the molecule is CCOC(=O)C[C@H]1C(=O)NCCN1S(=O)(=O)c1ccc(OC)cc1. The number of methoxy groups -OCH3 is 1. The molecule has 0 saturated carbocycles. The van der Waals surface area contributed by atoms with Gasteiger partial charge in [-0.1, -0.05) is 0 Å². The van der Waals surface area contributed by atoms with Gasteiger partial charge in [0.25, 0.3) is 0 Å². The summed E-state index contributed by atoms with van der Waals surface area (Å²) >= 11 is 0. The van der Waals surface area contributed by atoms with Crippen molar-refractivity contribution in [3.63, 3.8) is 0 Å². The average Bonchev–Trinajstić information content (AvgIpc) is 2.57. The van der Waals surface area contributed by atoms with E-state index in [0.29, 0.717) is 5.75 Å². The van der Waals surface area contributed by atoms with Gasteiger partial charge in [-0.3, -0.25) is 9.59 Å². The Morgan fingerprint density at radius 2 is 2.00 bits per heavy atom. The number of sulfonamides is 1. The molecule has 1 fully saturated rings. The van der Waals surface area contributed by atoms with Crippen LogP contribution in [0.15, 0.2) is 29.2 Å². The monoisotopic (exact) mass is 356 g/mol. The lowest BCUT2D eigenvalue weighted by Crippen LogP contribution is -2.57. The van der Waals surface area contributed by atoms with Crippen LogP contribution in [0.1, 0.15) is 13.3 Å². The molecule has 1 amide bonds. The maximum absolute atomic E-state index is 12.8. The first-order valence-corrected chi connectivity index (χ1v) is 8.93. The lowest BCUT2D eigenvalue weighted by molar-refractivity contribution is -0.146. The smallest absolute Gasteiger partial charge is 0.307 e. The summed E-state index contributed by atoms with van der Waals surface area (Å²) in [5, 5.41) is 2.58. The van der Waals surface area contributed by atoms with E-state index in [0.717, 1.165) is 4.31 Å². The summed E-state index contributed by atoms with van der Waals surface area (Å²) in [5.74, 6) is -0.603. The molecule has 1 aliphatic heterocycles. The molecule has 132 valence electrons. The first-order chi connectivity index (χ1) is 11.4. The Balaban J connectivity index is 2.29. The molecular weight excluding hydrogens is 336 g/mol. The number of nitrogens with one attached hydrogen (secondary N) is 1. The molecule has 0 unspecified atom stereocenters. The number of benzene rings is 1. The maximum atomic E-state index is 12.8. The van der Waals surface area contributed by atoms with E-state index in [-0.39, 0.29) is 31.0 Å². The molecular formula is C15H20N2O6S. The highest BCUT2D eigenvalue weighted by molar-refractivity contribution is 7.89. The third-order valence-corrected chi connectivity index (χ3v) is 5.54. The number of rotatable bonds is 6. The van der Waals surface area contributed by atoms with Gasteiger partial charge in [0, 0.05) is 13.1 Å². The van der Waals surface area contributed by atoms with Crippen LogP contribution in [0.3, 0.4) is 0 Å². The second-order valence-corrected chi connectivity index (χ2v) is 7.00. The van der Waals surface area contributed by atoms with Gasteiger partial charge in [0.05, 0.1) is 25.0 Å². The maximum Gasteiger partial charge on any atom is 0.307 e. The lowest BCUT2D eigenvalue weighted by atomic mass is 10.1. The molecule has 1 aromatic carbocycles. The Hall–Kier alpha value is -2.13. The summed E-state index contributed by atoms with van der Waals surface area (Å²) in [5.41, 5.74) is 0. The molecule has 0 aliphatic carbocycles. The number of carbonyl (C=O) groups is 2. The summed E-state index contributed by atoms with van der Waals surface area (Å²) in [6, 6.07) is 4.74. The minimum Gasteiger partial charge on any atom is -0.497 e. The van der Waals surface area contributed by atoms with Gasteiger partial charge in [-0.05, 0) is 31.2 Å². The van der Waals surface area contributed by atoms with Crippen molar-refractivity contribution in [3.8, 4) is 5.75 Å². The van der Waals surface area contributed by atoms with Gasteiger partial charge >= 0.3 is 5.97 Å². The van der Waals surface area contributed by atoms with E-state index in [1.54, 1.807) is 6.92 Å². The van der Waals surface area contributed by atoms with Crippen LogP contribution in [0, 0.1) is 0 Å². The highest BCUT2D eigenvalue weighted by atomic mass is 32.2. The first kappa shape index (κ1) is 18.2. The number of amides is 1. The van der Waals surface area contributed by atoms with Gasteiger partial charge in [0.1, 0.15) is 11.8 Å². The lowest BCUT2D eigenvalue weighted by Gasteiger charge is -2.33. The van der Waals surface area contributed by atoms with E-state index < -0.39 is 27.9 Å². The molecule has 0 bridgehead atoms. The average molecular weight is 356 g/mol. The summed E-state index contributed by atoms with van der Waals surface area (Å²) in [6.07, 6.45) is -0.324. The van der Waals surface area contributed by atoms with Crippen LogP contribution < -0.4 is 10.1 Å². The summed E-state index contributed by atoms with van der Waals surface area (Å²) in [6.45, 7) is 2.08. The third kappa shape index (κ3) is 3.85. The van der Waals surface area contributed by atoms with Gasteiger partial charge in [-0.25, -0.2) is 8.42 Å². The summed E-state index contributed by atoms with van der Waals surface area (Å²) in [7, 11) is -2.44. The zero-order valence-corrected chi connectivity index (χ0v) is 14.3. The quantitative estimate of drug-likeness (QED) is 0.728. The number of piperazine rings is 1. The van der Waals surface area contributed by atoms with Crippen molar-refractivity contribution >= 4 is 21.9 Å². The van der Waals surface area contributed by atoms with Crippen LogP contribution in [0.2, 0.25) is 0 Å². The number of carbonyl (C=O) groups excluding carboxylic acids is 2. The third-order valence-electron chi connectivity index (χ3n) is 3.61. The number of ether oxygens (including phenoxy) is 2. The number of esters is 1. The van der Waals surface area contributed by atoms with E-state index in [1.165, 1.54) is 31.4 Å². The standard InChI is InChI=1S/C15H20N2O6S/c1-3-23-14(18)10-13-15(19)16-8-9-17(13)24(20,21)12-6-4-11(22-2)5-7-12/h4-7,13H,3,8-10H2,1-2H3,(H,16,19)/t13-/m0/s1. The predicted molar refractivity (Wildman–Crippen MR) is 84.9 cm³/mol. The van der Waals surface area contributed by atoms with Crippen molar-refractivity contribution in [2.24, 2.45) is 0 Å². The van der Waals surface area contributed by atoms with Crippen LogP contribution in [-0.4, -0.2) is 57.4 Å². The Morgan fingerprint density at radius 1 is 1.33 bits per heavy atom. The van der Waals surface area contributed by atoms with E-state index in [4.69, 9.17) is 9.47 Å². The van der Waals surface area contributed by atoms with Gasteiger partial charge in [0.2, 0.25) is 15.9 Å². The fourth-order valence-electron chi connectivity index (χ4n) is 2.44. The Morgan fingerprint density at radius 3 is 2.58 bits per heavy atom. The van der Waals surface area contributed by atoms with Crippen LogP contribution in [0.25, 0.3) is 0 Å². The topological polar surface area (TPSA) is 102 Å². The van der Waals surface area contributed by atoms with Gasteiger partial charge in [-0.15, -0.1) is 0 Å². The van der Waals surface area contributed by atoms with Crippen molar-refractivity contribution in [2.45, 2.75) is 24.3 Å². The van der Waals surface area contributed by atoms with Crippen LogP contribution in [0.5, 0.6) is 5.75 Å². The minimum atomic E-state index is -3.92. The molecule has 9 heteroatoms. The van der Waals surface area contributed by atoms with Crippen LogP contribution in [-0.2, 0) is 24.3 Å². The van der Waals surface area contributed by atoms with E-state index in [9.17, 15) is 18.0 Å². The summed E-state index contributed by atoms with van der Waals surface area (Å²) < 4.78 is 36.6. The van der Waals surface area contributed by atoms with E-state index in [1.807, 2.05) is 0 Å². The van der Waals surface area contributed by atoms with Crippen molar-refractivity contribution in [3.05, 3.63) is 24.3 Å². The Kier molecular flexibility index (Phi) is 5.79. The van der Waals surface area contributed by atoms with Crippen LogP contribution in [0.4, 0.5) is 0 Å². The minimum absolute atomic E-state index is 0.0341. The van der Waals surface area contributed by atoms with E-state index in [2.05, 4.69) is 5.32 Å². The van der Waals surface area contributed by atoms with E-state index >= 15 is 0 Å². The number of hydrogen-bond acceptors (Lipinski definition) is 6. The zero-order chi connectivity index (χ0) is 17.7. The fourth-order valence-corrected chi connectivity index (χ4v) is 4.02. The summed E-state index contributed by atoms with van der Waals surface area (Å²) in [4.78, 5) is 23.8. The predicted octanol–water partition coefficient (Wildman–Crippen LogP) is 0.138. The molecule has 24 heavy (non-hydrogen) atoms. The van der Waals surface area contributed by atoms with Crippen molar-refractivity contribution in [1.29, 1.82) is 0 Å². The van der Waals surface area contributed by atoms with Crippen molar-refractivity contribution in [1.82, 2.24) is 9.62 Å². The first-order valence-electron chi connectivity index (χ1n) is 7.49. The number of hydrogen-bond donors (Lipinski definition) is 1. The molecule has 1 heterocycles. The molecule has 8 nitrogen and oxygen atoms in total. The molecule has 1 aliphatic rings. The largest absolute Gasteiger partial charge is 0.497 e. The highest BCUT2D eigenvalue weighted by Gasteiger charge is 2.39.